The number of benzene rings is 2. The average Bonchev–Trinajstić information content (AvgIpc) is 2.94. The summed E-state index contributed by atoms with van der Waals surface area (Å²) in [6.45, 7) is 3.78. The summed E-state index contributed by atoms with van der Waals surface area (Å²) in [5, 5.41) is 4.67. The highest BCUT2D eigenvalue weighted by Crippen LogP contribution is 2.26. The van der Waals surface area contributed by atoms with E-state index in [-0.39, 0.29) is 17.8 Å². The van der Waals surface area contributed by atoms with Crippen molar-refractivity contribution in [2.45, 2.75) is 13.8 Å². The number of thioether (sulfide) groups is 1. The molecule has 6 nitrogen and oxygen atoms in total. The molecule has 0 spiro atoms. The highest BCUT2D eigenvalue weighted by molar-refractivity contribution is 8.18. The van der Waals surface area contributed by atoms with Gasteiger partial charge in [0, 0.05) is 5.69 Å². The molecule has 3 amide bonds. The minimum atomic E-state index is -0.395. The molecule has 0 saturated carbocycles. The molecule has 0 atom stereocenters. The van der Waals surface area contributed by atoms with Gasteiger partial charge in [-0.3, -0.25) is 19.7 Å². The number of nitrogens with one attached hydrogen (secondary N) is 2. The van der Waals surface area contributed by atoms with Gasteiger partial charge in [-0.1, -0.05) is 24.3 Å². The van der Waals surface area contributed by atoms with Crippen molar-refractivity contribution in [1.82, 2.24) is 5.32 Å². The SMILES string of the molecule is Cc1ccc(C)c(NC(=O)COc2ccc(/C=C3\SC(=O)NC3=O)cc2)c1. The van der Waals surface area contributed by atoms with Gasteiger partial charge in [0.15, 0.2) is 6.61 Å². The number of amides is 3. The zero-order valence-corrected chi connectivity index (χ0v) is 15.7. The number of aryl methyl sites for hydroxylation is 2. The summed E-state index contributed by atoms with van der Waals surface area (Å²) in [5.74, 6) is -0.103. The maximum atomic E-state index is 12.1. The largest absolute Gasteiger partial charge is 0.484 e. The average molecular weight is 382 g/mol. The van der Waals surface area contributed by atoms with Crippen LogP contribution in [-0.4, -0.2) is 23.7 Å². The molecular formula is C20H18N2O4S. The zero-order valence-electron chi connectivity index (χ0n) is 14.9. The number of anilines is 1. The van der Waals surface area contributed by atoms with Crippen LogP contribution in [0.3, 0.4) is 0 Å². The van der Waals surface area contributed by atoms with Crippen LogP contribution in [0.2, 0.25) is 0 Å². The van der Waals surface area contributed by atoms with Crippen LogP contribution in [-0.2, 0) is 9.59 Å². The number of imide groups is 1. The van der Waals surface area contributed by atoms with Gasteiger partial charge >= 0.3 is 0 Å². The lowest BCUT2D eigenvalue weighted by atomic mass is 10.1. The van der Waals surface area contributed by atoms with Crippen molar-refractivity contribution in [2.75, 3.05) is 11.9 Å². The van der Waals surface area contributed by atoms with Crippen LogP contribution in [0.25, 0.3) is 6.08 Å². The molecule has 0 aromatic heterocycles. The van der Waals surface area contributed by atoms with E-state index in [4.69, 9.17) is 4.74 Å². The van der Waals surface area contributed by atoms with Crippen LogP contribution >= 0.6 is 11.8 Å². The van der Waals surface area contributed by atoms with E-state index in [0.717, 1.165) is 34.1 Å². The number of rotatable bonds is 5. The Morgan fingerprint density at radius 1 is 1.15 bits per heavy atom. The Morgan fingerprint density at radius 2 is 1.89 bits per heavy atom. The maximum absolute atomic E-state index is 12.1. The summed E-state index contributed by atoms with van der Waals surface area (Å²) in [6.07, 6.45) is 1.63. The Kier molecular flexibility index (Phi) is 5.61. The predicted molar refractivity (Wildman–Crippen MR) is 106 cm³/mol. The van der Waals surface area contributed by atoms with E-state index in [1.807, 2.05) is 32.0 Å². The minimum absolute atomic E-state index is 0.111. The monoisotopic (exact) mass is 382 g/mol. The van der Waals surface area contributed by atoms with E-state index >= 15 is 0 Å². The third kappa shape index (κ3) is 4.98. The number of hydrogen-bond acceptors (Lipinski definition) is 5. The van der Waals surface area contributed by atoms with Gasteiger partial charge in [0.2, 0.25) is 0 Å². The van der Waals surface area contributed by atoms with Gasteiger partial charge in [0.1, 0.15) is 5.75 Å². The van der Waals surface area contributed by atoms with Crippen LogP contribution in [0.1, 0.15) is 16.7 Å². The van der Waals surface area contributed by atoms with E-state index in [2.05, 4.69) is 10.6 Å². The second kappa shape index (κ2) is 8.09. The van der Waals surface area contributed by atoms with Gasteiger partial charge < -0.3 is 10.1 Å². The normalized spacial score (nSPS) is 15.0. The van der Waals surface area contributed by atoms with Crippen molar-refractivity contribution in [2.24, 2.45) is 0 Å². The predicted octanol–water partition coefficient (Wildman–Crippen LogP) is 3.64. The lowest BCUT2D eigenvalue weighted by Crippen LogP contribution is -2.20. The molecule has 0 unspecified atom stereocenters. The quantitative estimate of drug-likeness (QED) is 0.771. The fourth-order valence-electron chi connectivity index (χ4n) is 2.44. The Hall–Kier alpha value is -3.06. The molecule has 1 saturated heterocycles. The molecule has 0 radical (unpaired) electrons. The smallest absolute Gasteiger partial charge is 0.290 e. The van der Waals surface area contributed by atoms with E-state index in [1.54, 1.807) is 30.3 Å². The van der Waals surface area contributed by atoms with Gasteiger partial charge in [-0.05, 0) is 66.6 Å². The Balaban J connectivity index is 1.56. The Morgan fingerprint density at radius 3 is 2.56 bits per heavy atom. The summed E-state index contributed by atoms with van der Waals surface area (Å²) < 4.78 is 5.50. The van der Waals surface area contributed by atoms with E-state index in [9.17, 15) is 14.4 Å². The van der Waals surface area contributed by atoms with Crippen molar-refractivity contribution in [1.29, 1.82) is 0 Å². The number of ether oxygens (including phenoxy) is 1. The lowest BCUT2D eigenvalue weighted by Gasteiger charge is -2.10. The fraction of sp³-hybridized carbons (Fsp3) is 0.150. The van der Waals surface area contributed by atoms with Gasteiger partial charge in [-0.2, -0.15) is 0 Å². The number of carbonyl (C=O) groups is 3. The van der Waals surface area contributed by atoms with Gasteiger partial charge in [-0.25, -0.2) is 0 Å². The zero-order chi connectivity index (χ0) is 19.4. The summed E-state index contributed by atoms with van der Waals surface area (Å²) in [4.78, 5) is 35.1. The first-order valence-corrected chi connectivity index (χ1v) is 9.07. The van der Waals surface area contributed by atoms with Crippen molar-refractivity contribution in [3.8, 4) is 5.75 Å². The van der Waals surface area contributed by atoms with Gasteiger partial charge in [0.05, 0.1) is 4.91 Å². The van der Waals surface area contributed by atoms with Crippen LogP contribution < -0.4 is 15.4 Å². The van der Waals surface area contributed by atoms with Crippen LogP contribution in [0.15, 0.2) is 47.4 Å². The molecule has 0 aliphatic carbocycles. The fourth-order valence-corrected chi connectivity index (χ4v) is 3.12. The molecule has 138 valence electrons. The maximum Gasteiger partial charge on any atom is 0.290 e. The second-order valence-electron chi connectivity index (χ2n) is 6.08. The third-order valence-corrected chi connectivity index (χ3v) is 4.67. The molecule has 2 N–H and O–H groups in total. The summed E-state index contributed by atoms with van der Waals surface area (Å²) in [6, 6.07) is 12.8. The molecule has 7 heteroatoms. The van der Waals surface area contributed by atoms with Crippen molar-refractivity contribution in [3.63, 3.8) is 0 Å². The minimum Gasteiger partial charge on any atom is -0.484 e. The summed E-state index contributed by atoms with van der Waals surface area (Å²) in [5.41, 5.74) is 3.58. The molecule has 1 aliphatic heterocycles. The van der Waals surface area contributed by atoms with E-state index < -0.39 is 5.91 Å². The second-order valence-corrected chi connectivity index (χ2v) is 7.09. The summed E-state index contributed by atoms with van der Waals surface area (Å²) in [7, 11) is 0. The highest BCUT2D eigenvalue weighted by atomic mass is 32.2. The first-order chi connectivity index (χ1) is 12.9. The Labute approximate surface area is 161 Å². The third-order valence-electron chi connectivity index (χ3n) is 3.86. The van der Waals surface area contributed by atoms with Crippen molar-refractivity contribution in [3.05, 3.63) is 64.1 Å². The van der Waals surface area contributed by atoms with Gasteiger partial charge in [0.25, 0.3) is 17.1 Å². The van der Waals surface area contributed by atoms with Crippen LogP contribution in [0, 0.1) is 13.8 Å². The number of hydrogen-bond donors (Lipinski definition) is 2. The van der Waals surface area contributed by atoms with Crippen LogP contribution in [0.5, 0.6) is 5.75 Å². The molecular weight excluding hydrogens is 364 g/mol. The topological polar surface area (TPSA) is 84.5 Å². The lowest BCUT2D eigenvalue weighted by molar-refractivity contribution is -0.118. The molecule has 1 heterocycles. The molecule has 0 bridgehead atoms. The standard InChI is InChI=1S/C20H18N2O4S/c1-12-3-4-13(2)16(9-12)21-18(23)11-26-15-7-5-14(6-8-15)10-17-19(24)22-20(25)27-17/h3-10H,11H2,1-2H3,(H,21,23)(H,22,24,25)/b17-10-. The molecule has 27 heavy (non-hydrogen) atoms. The molecule has 1 aliphatic rings. The summed E-state index contributed by atoms with van der Waals surface area (Å²) >= 11 is 0.867. The highest BCUT2D eigenvalue weighted by Gasteiger charge is 2.24. The van der Waals surface area contributed by atoms with E-state index in [1.165, 1.54) is 0 Å². The first-order valence-electron chi connectivity index (χ1n) is 8.25. The Bertz CT molecular complexity index is 935. The van der Waals surface area contributed by atoms with E-state index in [0.29, 0.717) is 10.7 Å². The number of carbonyl (C=O) groups excluding carboxylic acids is 3. The molecule has 3 rings (SSSR count). The first kappa shape index (κ1) is 18.7. The van der Waals surface area contributed by atoms with Crippen molar-refractivity contribution < 1.29 is 19.1 Å². The molecule has 1 fully saturated rings. The van der Waals surface area contributed by atoms with Gasteiger partial charge in [-0.15, -0.1) is 0 Å². The molecule has 2 aromatic rings. The van der Waals surface area contributed by atoms with Crippen molar-refractivity contribution >= 4 is 40.6 Å². The molecule has 2 aromatic carbocycles. The van der Waals surface area contributed by atoms with Crippen LogP contribution in [0.4, 0.5) is 10.5 Å².